The Kier molecular flexibility index (Phi) is 3.09. The van der Waals surface area contributed by atoms with Crippen LogP contribution in [0.4, 0.5) is 17.6 Å². The van der Waals surface area contributed by atoms with E-state index in [9.17, 15) is 0 Å². The predicted molar refractivity (Wildman–Crippen MR) is 63.4 cm³/mol. The molecule has 0 bridgehead atoms. The van der Waals surface area contributed by atoms with E-state index in [4.69, 9.17) is 10.8 Å². The highest BCUT2D eigenvalue weighted by atomic mass is 16.3. The Hall–Kier alpha value is -1.56. The minimum atomic E-state index is 0.232. The fourth-order valence-corrected chi connectivity index (χ4v) is 1.93. The Morgan fingerprint density at radius 1 is 1.62 bits per heavy atom. The van der Waals surface area contributed by atoms with E-state index >= 15 is 0 Å². The monoisotopic (exact) mass is 223 g/mol. The number of nitrogens with zero attached hydrogens (tertiary/aromatic N) is 3. The van der Waals surface area contributed by atoms with Crippen LogP contribution in [0.25, 0.3) is 0 Å². The maximum Gasteiger partial charge on any atom is 0.223 e. The van der Waals surface area contributed by atoms with Crippen LogP contribution < -0.4 is 16.0 Å². The van der Waals surface area contributed by atoms with Gasteiger partial charge in [-0.3, -0.25) is 0 Å². The number of hydrogen-bond acceptors (Lipinski definition) is 6. The van der Waals surface area contributed by atoms with Gasteiger partial charge in [-0.25, -0.2) is 0 Å². The number of anilines is 3. The first-order chi connectivity index (χ1) is 7.72. The molecule has 88 valence electrons. The molecular weight excluding hydrogens is 206 g/mol. The molecule has 0 aromatic carbocycles. The molecule has 0 spiro atoms. The first kappa shape index (κ1) is 10.9. The molecule has 6 nitrogen and oxygen atoms in total. The van der Waals surface area contributed by atoms with Gasteiger partial charge in [0, 0.05) is 38.7 Å². The van der Waals surface area contributed by atoms with Crippen molar-refractivity contribution < 1.29 is 5.11 Å². The summed E-state index contributed by atoms with van der Waals surface area (Å²) in [6.07, 6.45) is 0.995. The van der Waals surface area contributed by atoms with E-state index in [1.807, 2.05) is 6.07 Å². The summed E-state index contributed by atoms with van der Waals surface area (Å²) < 4.78 is 0. The molecule has 1 aromatic rings. The summed E-state index contributed by atoms with van der Waals surface area (Å²) in [4.78, 5) is 10.4. The van der Waals surface area contributed by atoms with Gasteiger partial charge < -0.3 is 21.1 Å². The van der Waals surface area contributed by atoms with E-state index in [-0.39, 0.29) is 12.6 Å². The molecule has 2 rings (SSSR count). The van der Waals surface area contributed by atoms with Gasteiger partial charge in [-0.1, -0.05) is 0 Å². The Balaban J connectivity index is 2.17. The van der Waals surface area contributed by atoms with Crippen LogP contribution in [0.5, 0.6) is 0 Å². The van der Waals surface area contributed by atoms with Crippen molar-refractivity contribution in [1.29, 1.82) is 0 Å². The van der Waals surface area contributed by atoms with Gasteiger partial charge in [0.2, 0.25) is 5.95 Å². The summed E-state index contributed by atoms with van der Waals surface area (Å²) in [5, 5.41) is 12.0. The Morgan fingerprint density at radius 3 is 3.06 bits per heavy atom. The number of aliphatic hydroxyl groups is 1. The van der Waals surface area contributed by atoms with Gasteiger partial charge >= 0.3 is 0 Å². The van der Waals surface area contributed by atoms with Gasteiger partial charge in [-0.05, 0) is 6.42 Å². The molecule has 4 N–H and O–H groups in total. The van der Waals surface area contributed by atoms with Crippen molar-refractivity contribution in [2.75, 3.05) is 42.7 Å². The van der Waals surface area contributed by atoms with Crippen molar-refractivity contribution >= 4 is 17.6 Å². The zero-order chi connectivity index (χ0) is 11.5. The molecule has 0 saturated carbocycles. The number of nitrogens with one attached hydrogen (secondary N) is 1. The van der Waals surface area contributed by atoms with Crippen LogP contribution in [0.2, 0.25) is 0 Å². The molecule has 16 heavy (non-hydrogen) atoms. The topological polar surface area (TPSA) is 87.3 Å². The van der Waals surface area contributed by atoms with Crippen molar-refractivity contribution in [3.05, 3.63) is 6.07 Å². The number of nitrogens with two attached hydrogens (primary N) is 1. The number of aliphatic hydroxyl groups excluding tert-OH is 1. The molecule has 1 fully saturated rings. The minimum Gasteiger partial charge on any atom is -0.396 e. The van der Waals surface area contributed by atoms with E-state index in [1.165, 1.54) is 0 Å². The number of rotatable bonds is 3. The second kappa shape index (κ2) is 4.52. The lowest BCUT2D eigenvalue weighted by Crippen LogP contribution is -2.22. The van der Waals surface area contributed by atoms with Gasteiger partial charge in [0.15, 0.2) is 0 Å². The number of aromatic nitrogens is 2. The zero-order valence-corrected chi connectivity index (χ0v) is 9.35. The Labute approximate surface area is 94.5 Å². The lowest BCUT2D eigenvalue weighted by molar-refractivity contribution is 0.238. The van der Waals surface area contributed by atoms with Crippen LogP contribution in [-0.4, -0.2) is 41.8 Å². The van der Waals surface area contributed by atoms with Gasteiger partial charge in [0.05, 0.1) is 0 Å². The third-order valence-corrected chi connectivity index (χ3v) is 2.85. The third kappa shape index (κ3) is 2.16. The van der Waals surface area contributed by atoms with E-state index < -0.39 is 0 Å². The summed E-state index contributed by atoms with van der Waals surface area (Å²) in [5.74, 6) is 2.16. The molecule has 0 aliphatic carbocycles. The van der Waals surface area contributed by atoms with Crippen molar-refractivity contribution in [1.82, 2.24) is 9.97 Å². The number of hydrogen-bond donors (Lipinski definition) is 3. The lowest BCUT2D eigenvalue weighted by atomic mass is 10.1. The standard InChI is InChI=1S/C10H17N5O/c1-12-8-4-9(14-10(11)13-8)15-3-2-7(5-15)6-16/h4,7,16H,2-3,5-6H2,1H3,(H3,11,12,13,14)/t7-/m0/s1. The summed E-state index contributed by atoms with van der Waals surface area (Å²) in [6.45, 7) is 1.97. The summed E-state index contributed by atoms with van der Waals surface area (Å²) in [5.41, 5.74) is 5.63. The molecule has 0 amide bonds. The largest absolute Gasteiger partial charge is 0.396 e. The van der Waals surface area contributed by atoms with Crippen LogP contribution in [-0.2, 0) is 0 Å². The Bertz CT molecular complexity index is 370. The highest BCUT2D eigenvalue weighted by molar-refractivity contribution is 5.52. The van der Waals surface area contributed by atoms with Crippen LogP contribution in [0, 0.1) is 5.92 Å². The van der Waals surface area contributed by atoms with Crippen molar-refractivity contribution in [2.45, 2.75) is 6.42 Å². The van der Waals surface area contributed by atoms with E-state index in [0.29, 0.717) is 5.92 Å². The number of nitrogen functional groups attached to an aromatic ring is 1. The average molecular weight is 223 g/mol. The normalized spacial score (nSPS) is 20.1. The van der Waals surface area contributed by atoms with E-state index in [0.717, 1.165) is 31.1 Å². The summed E-state index contributed by atoms with van der Waals surface area (Å²) >= 11 is 0. The molecule has 6 heteroatoms. The highest BCUT2D eigenvalue weighted by Gasteiger charge is 2.23. The molecule has 1 saturated heterocycles. The molecule has 1 atom stereocenters. The quantitative estimate of drug-likeness (QED) is 0.664. The molecule has 2 heterocycles. The smallest absolute Gasteiger partial charge is 0.223 e. The second-order valence-electron chi connectivity index (χ2n) is 4.00. The summed E-state index contributed by atoms with van der Waals surface area (Å²) in [6, 6.07) is 1.87. The van der Waals surface area contributed by atoms with Crippen molar-refractivity contribution in [3.63, 3.8) is 0 Å². The van der Waals surface area contributed by atoms with E-state index in [2.05, 4.69) is 20.2 Å². The van der Waals surface area contributed by atoms with Gasteiger partial charge in [0.1, 0.15) is 11.6 Å². The zero-order valence-electron chi connectivity index (χ0n) is 9.35. The third-order valence-electron chi connectivity index (χ3n) is 2.85. The van der Waals surface area contributed by atoms with Gasteiger partial charge in [-0.15, -0.1) is 0 Å². The molecule has 0 radical (unpaired) electrons. The van der Waals surface area contributed by atoms with Gasteiger partial charge in [-0.2, -0.15) is 9.97 Å². The fourth-order valence-electron chi connectivity index (χ4n) is 1.93. The second-order valence-corrected chi connectivity index (χ2v) is 4.00. The van der Waals surface area contributed by atoms with Crippen molar-refractivity contribution in [2.24, 2.45) is 5.92 Å². The molecule has 1 aromatic heterocycles. The minimum absolute atomic E-state index is 0.232. The van der Waals surface area contributed by atoms with E-state index in [1.54, 1.807) is 7.05 Å². The SMILES string of the molecule is CNc1cc(N2CC[C@H](CO)C2)nc(N)n1. The Morgan fingerprint density at radius 2 is 2.44 bits per heavy atom. The predicted octanol–water partition coefficient (Wildman–Crippen LogP) is -0.0809. The van der Waals surface area contributed by atoms with Crippen LogP contribution in [0.15, 0.2) is 6.07 Å². The van der Waals surface area contributed by atoms with Gasteiger partial charge in [0.25, 0.3) is 0 Å². The fraction of sp³-hybridized carbons (Fsp3) is 0.600. The van der Waals surface area contributed by atoms with Crippen LogP contribution in [0.1, 0.15) is 6.42 Å². The highest BCUT2D eigenvalue weighted by Crippen LogP contribution is 2.23. The first-order valence-corrected chi connectivity index (χ1v) is 5.41. The van der Waals surface area contributed by atoms with Crippen molar-refractivity contribution in [3.8, 4) is 0 Å². The lowest BCUT2D eigenvalue weighted by Gasteiger charge is -2.17. The summed E-state index contributed by atoms with van der Waals surface area (Å²) in [7, 11) is 1.80. The molecule has 0 unspecified atom stereocenters. The average Bonchev–Trinajstić information content (AvgIpc) is 2.76. The molecule has 1 aliphatic heterocycles. The first-order valence-electron chi connectivity index (χ1n) is 5.41. The molecular formula is C10H17N5O. The van der Waals surface area contributed by atoms with Crippen LogP contribution >= 0.6 is 0 Å². The van der Waals surface area contributed by atoms with Crippen LogP contribution in [0.3, 0.4) is 0 Å². The molecule has 1 aliphatic rings. The maximum absolute atomic E-state index is 9.09. The maximum atomic E-state index is 9.09.